The maximum Gasteiger partial charge on any atom is 0.269 e. The van der Waals surface area contributed by atoms with Crippen LogP contribution in [0.4, 0.5) is 5.69 Å². The average Bonchev–Trinajstić information content (AvgIpc) is 2.78. The number of benzene rings is 3. The number of halogens is 3. The van der Waals surface area contributed by atoms with Crippen LogP contribution in [0.2, 0.25) is 15.1 Å². The highest BCUT2D eigenvalue weighted by Crippen LogP contribution is 2.38. The van der Waals surface area contributed by atoms with Gasteiger partial charge in [0.2, 0.25) is 0 Å². The van der Waals surface area contributed by atoms with Crippen LogP contribution in [0.15, 0.2) is 54.6 Å². The summed E-state index contributed by atoms with van der Waals surface area (Å²) in [5, 5.41) is 21.8. The first-order valence-electron chi connectivity index (χ1n) is 9.72. The second-order valence-electron chi connectivity index (χ2n) is 6.76. The number of nitro groups is 1. The molecule has 0 amide bonds. The molecule has 33 heavy (non-hydrogen) atoms. The van der Waals surface area contributed by atoms with Gasteiger partial charge in [0.15, 0.2) is 11.5 Å². The summed E-state index contributed by atoms with van der Waals surface area (Å²) in [6.45, 7) is 2.35. The van der Waals surface area contributed by atoms with Crippen LogP contribution >= 0.6 is 34.8 Å². The molecule has 0 aliphatic heterocycles. The quantitative estimate of drug-likeness (QED) is 0.137. The summed E-state index contributed by atoms with van der Waals surface area (Å²) in [4.78, 5) is 10.4. The van der Waals surface area contributed by atoms with E-state index in [-0.39, 0.29) is 12.3 Å². The molecule has 0 unspecified atom stereocenters. The molecular weight excluding hydrogens is 487 g/mol. The van der Waals surface area contributed by atoms with Gasteiger partial charge < -0.3 is 9.47 Å². The molecule has 0 aromatic heterocycles. The van der Waals surface area contributed by atoms with Gasteiger partial charge in [0.25, 0.3) is 5.69 Å². The van der Waals surface area contributed by atoms with Crippen molar-refractivity contribution in [1.82, 2.24) is 0 Å². The lowest BCUT2D eigenvalue weighted by molar-refractivity contribution is -0.384. The lowest BCUT2D eigenvalue weighted by Crippen LogP contribution is -2.01. The monoisotopic (exact) mass is 502 g/mol. The molecule has 0 radical (unpaired) electrons. The second-order valence-corrected chi connectivity index (χ2v) is 8.01. The molecule has 3 aromatic carbocycles. The fourth-order valence-corrected chi connectivity index (χ4v) is 3.71. The molecule has 0 saturated carbocycles. The van der Waals surface area contributed by atoms with E-state index < -0.39 is 4.92 Å². The van der Waals surface area contributed by atoms with Gasteiger partial charge in [-0.25, -0.2) is 0 Å². The van der Waals surface area contributed by atoms with E-state index in [2.05, 4.69) is 6.07 Å². The van der Waals surface area contributed by atoms with Crippen molar-refractivity contribution in [2.75, 3.05) is 6.61 Å². The summed E-state index contributed by atoms with van der Waals surface area (Å²) in [7, 11) is 0. The zero-order chi connectivity index (χ0) is 24.0. The number of nitro benzene ring substituents is 1. The summed E-state index contributed by atoms with van der Waals surface area (Å²) in [5.74, 6) is 0.748. The minimum absolute atomic E-state index is 0.0555. The zero-order valence-electron chi connectivity index (χ0n) is 17.3. The van der Waals surface area contributed by atoms with Gasteiger partial charge in [-0.2, -0.15) is 5.26 Å². The predicted molar refractivity (Wildman–Crippen MR) is 130 cm³/mol. The minimum atomic E-state index is -0.496. The van der Waals surface area contributed by atoms with Crippen molar-refractivity contribution in [3.05, 3.63) is 96.5 Å². The van der Waals surface area contributed by atoms with Gasteiger partial charge in [-0.05, 0) is 60.5 Å². The first kappa shape index (κ1) is 24.4. The summed E-state index contributed by atoms with van der Waals surface area (Å²) in [6.07, 6.45) is 1.62. The Labute approximate surface area is 205 Å². The molecule has 3 rings (SSSR count). The van der Waals surface area contributed by atoms with Crippen molar-refractivity contribution in [3.8, 4) is 17.6 Å². The van der Waals surface area contributed by atoms with Crippen LogP contribution < -0.4 is 9.47 Å². The van der Waals surface area contributed by atoms with Crippen LogP contribution in [0.5, 0.6) is 11.5 Å². The van der Waals surface area contributed by atoms with Crippen molar-refractivity contribution in [2.24, 2.45) is 0 Å². The van der Waals surface area contributed by atoms with Crippen molar-refractivity contribution in [3.63, 3.8) is 0 Å². The van der Waals surface area contributed by atoms with Crippen LogP contribution in [0.3, 0.4) is 0 Å². The van der Waals surface area contributed by atoms with Crippen molar-refractivity contribution < 1.29 is 14.4 Å². The van der Waals surface area contributed by atoms with Gasteiger partial charge >= 0.3 is 0 Å². The van der Waals surface area contributed by atoms with Crippen LogP contribution in [0.1, 0.15) is 23.6 Å². The number of nitriles is 1. The highest BCUT2D eigenvalue weighted by atomic mass is 35.5. The highest BCUT2D eigenvalue weighted by molar-refractivity contribution is 6.35. The normalized spacial score (nSPS) is 11.1. The molecule has 0 atom stereocenters. The van der Waals surface area contributed by atoms with E-state index in [9.17, 15) is 15.4 Å². The summed E-state index contributed by atoms with van der Waals surface area (Å²) in [5.41, 5.74) is 2.13. The Balaban J connectivity index is 1.91. The van der Waals surface area contributed by atoms with E-state index in [1.165, 1.54) is 24.3 Å². The summed E-state index contributed by atoms with van der Waals surface area (Å²) >= 11 is 18.6. The smallest absolute Gasteiger partial charge is 0.269 e. The maximum absolute atomic E-state index is 10.9. The average molecular weight is 504 g/mol. The third kappa shape index (κ3) is 6.17. The third-order valence-electron chi connectivity index (χ3n) is 4.54. The van der Waals surface area contributed by atoms with Gasteiger partial charge in [-0.15, -0.1) is 0 Å². The first-order chi connectivity index (χ1) is 15.8. The summed E-state index contributed by atoms with van der Waals surface area (Å²) < 4.78 is 11.6. The molecular formula is C24H17Cl3N2O4. The van der Waals surface area contributed by atoms with Crippen molar-refractivity contribution in [2.45, 2.75) is 13.5 Å². The third-order valence-corrected chi connectivity index (χ3v) is 5.41. The number of hydrogen-bond donors (Lipinski definition) is 0. The van der Waals surface area contributed by atoms with Crippen LogP contribution in [-0.4, -0.2) is 11.5 Å². The Hall–Kier alpha value is -3.24. The molecule has 0 saturated heterocycles. The Kier molecular flexibility index (Phi) is 8.18. The lowest BCUT2D eigenvalue weighted by atomic mass is 10.0. The Morgan fingerprint density at radius 2 is 1.79 bits per heavy atom. The van der Waals surface area contributed by atoms with E-state index in [1.807, 2.05) is 6.92 Å². The van der Waals surface area contributed by atoms with Gasteiger partial charge in [0.05, 0.1) is 28.2 Å². The first-order valence-corrected chi connectivity index (χ1v) is 10.9. The second kappa shape index (κ2) is 11.1. The minimum Gasteiger partial charge on any atom is -0.490 e. The van der Waals surface area contributed by atoms with Gasteiger partial charge in [-0.1, -0.05) is 40.9 Å². The Morgan fingerprint density at radius 1 is 1.06 bits per heavy atom. The lowest BCUT2D eigenvalue weighted by Gasteiger charge is -2.15. The molecule has 6 nitrogen and oxygen atoms in total. The molecule has 0 heterocycles. The number of allylic oxidation sites excluding steroid dienone is 1. The topological polar surface area (TPSA) is 85.4 Å². The maximum atomic E-state index is 10.9. The molecule has 0 spiro atoms. The number of rotatable bonds is 8. The van der Waals surface area contributed by atoms with E-state index >= 15 is 0 Å². The SMILES string of the molecule is CCOc1cc(/C=C(/C#N)c2ccc([N+](=O)[O-])cc2)cc(Cl)c1OCc1ccc(Cl)cc1Cl. The molecule has 0 aliphatic carbocycles. The van der Waals surface area contributed by atoms with E-state index in [1.54, 1.807) is 36.4 Å². The van der Waals surface area contributed by atoms with Crippen LogP contribution in [-0.2, 0) is 6.61 Å². The van der Waals surface area contributed by atoms with Crippen LogP contribution in [0, 0.1) is 21.4 Å². The Bertz CT molecular complexity index is 1250. The Morgan fingerprint density at radius 3 is 2.39 bits per heavy atom. The molecule has 0 fully saturated rings. The molecule has 9 heteroatoms. The fraction of sp³-hybridized carbons (Fsp3) is 0.125. The molecule has 3 aromatic rings. The fourth-order valence-electron chi connectivity index (χ4n) is 2.97. The molecule has 0 bridgehead atoms. The largest absolute Gasteiger partial charge is 0.490 e. The van der Waals surface area contributed by atoms with Crippen molar-refractivity contribution in [1.29, 1.82) is 5.26 Å². The van der Waals surface area contributed by atoms with Gasteiger partial charge in [-0.3, -0.25) is 10.1 Å². The molecule has 0 N–H and O–H groups in total. The van der Waals surface area contributed by atoms with Gasteiger partial charge in [0.1, 0.15) is 6.61 Å². The highest BCUT2D eigenvalue weighted by Gasteiger charge is 2.14. The number of nitrogens with zero attached hydrogens (tertiary/aromatic N) is 2. The molecule has 168 valence electrons. The predicted octanol–water partition coefficient (Wildman–Crippen LogP) is 7.60. The molecule has 0 aliphatic rings. The van der Waals surface area contributed by atoms with E-state index in [0.29, 0.717) is 49.9 Å². The standard InChI is InChI=1S/C24H17Cl3N2O4/c1-2-32-23-11-15(9-18(13-28)16-4-7-20(8-5-16)29(30)31)10-22(27)24(23)33-14-17-3-6-19(25)12-21(17)26/h3-12H,2,14H2,1H3/b18-9-. The zero-order valence-corrected chi connectivity index (χ0v) is 19.6. The van der Waals surface area contributed by atoms with E-state index in [4.69, 9.17) is 44.3 Å². The van der Waals surface area contributed by atoms with Gasteiger partial charge in [0, 0.05) is 27.7 Å². The summed E-state index contributed by atoms with van der Waals surface area (Å²) in [6, 6.07) is 16.3. The number of hydrogen-bond acceptors (Lipinski definition) is 5. The van der Waals surface area contributed by atoms with Crippen molar-refractivity contribution >= 4 is 52.1 Å². The van der Waals surface area contributed by atoms with E-state index in [0.717, 1.165) is 5.56 Å². The number of ether oxygens (including phenoxy) is 2. The van der Waals surface area contributed by atoms with Crippen LogP contribution in [0.25, 0.3) is 11.6 Å². The number of non-ortho nitro benzene ring substituents is 1.